The van der Waals surface area contributed by atoms with Crippen molar-refractivity contribution in [1.82, 2.24) is 4.90 Å². The fourth-order valence-electron chi connectivity index (χ4n) is 1.47. The number of hydrogen-bond donors (Lipinski definition) is 0. The normalized spacial score (nSPS) is 24.6. The summed E-state index contributed by atoms with van der Waals surface area (Å²) in [4.78, 5) is 12.6. The summed E-state index contributed by atoms with van der Waals surface area (Å²) in [6.45, 7) is 4.61. The number of hydrogen-bond acceptors (Lipinski definition) is 2. The van der Waals surface area contributed by atoms with Gasteiger partial charge in [0, 0.05) is 11.9 Å². The van der Waals surface area contributed by atoms with E-state index in [1.165, 1.54) is 0 Å². The minimum absolute atomic E-state index is 0.0349. The van der Waals surface area contributed by atoms with Crippen molar-refractivity contribution in [2.45, 2.75) is 32.3 Å². The molecule has 0 radical (unpaired) electrons. The van der Waals surface area contributed by atoms with Crippen LogP contribution in [-0.2, 0) is 4.74 Å². The summed E-state index contributed by atoms with van der Waals surface area (Å²) in [5.74, 6) is -3.67. The summed E-state index contributed by atoms with van der Waals surface area (Å²) < 4.78 is 31.8. The van der Waals surface area contributed by atoms with E-state index in [1.54, 1.807) is 20.8 Å². The molecule has 6 heteroatoms. The Hall–Kier alpha value is -0.390. The van der Waals surface area contributed by atoms with Crippen LogP contribution < -0.4 is 0 Å². The van der Waals surface area contributed by atoms with Gasteiger partial charge in [0.1, 0.15) is 5.60 Å². The van der Waals surface area contributed by atoms with Gasteiger partial charge >= 0.3 is 6.09 Å². The van der Waals surface area contributed by atoms with E-state index in [0.29, 0.717) is 0 Å². The van der Waals surface area contributed by atoms with E-state index in [9.17, 15) is 13.6 Å². The van der Waals surface area contributed by atoms with E-state index in [-0.39, 0.29) is 11.9 Å². The molecule has 1 saturated heterocycles. The lowest BCUT2D eigenvalue weighted by molar-refractivity contribution is -0.0231. The summed E-state index contributed by atoms with van der Waals surface area (Å²) in [6, 6.07) is 0. The van der Waals surface area contributed by atoms with Gasteiger partial charge in [0.25, 0.3) is 5.92 Å². The summed E-state index contributed by atoms with van der Waals surface area (Å²) in [6.07, 6.45) is -0.671. The molecule has 1 heterocycles. The zero-order valence-electron chi connectivity index (χ0n) is 9.60. The number of ether oxygens (including phenoxy) is 1. The van der Waals surface area contributed by atoms with E-state index < -0.39 is 30.1 Å². The number of rotatable bonds is 1. The molecule has 94 valence electrons. The van der Waals surface area contributed by atoms with Crippen molar-refractivity contribution in [2.75, 3.05) is 18.4 Å². The SMILES string of the molecule is CC(C)(C)OC(=O)N1CC(CBr)C(F)(F)C1. The predicted octanol–water partition coefficient (Wildman–Crippen LogP) is 2.88. The van der Waals surface area contributed by atoms with Crippen LogP contribution in [0.5, 0.6) is 0 Å². The first-order valence-electron chi connectivity index (χ1n) is 5.07. The lowest BCUT2D eigenvalue weighted by Crippen LogP contribution is -2.36. The van der Waals surface area contributed by atoms with E-state index >= 15 is 0 Å². The maximum atomic E-state index is 13.4. The molecule has 0 aromatic rings. The Morgan fingerprint density at radius 3 is 2.50 bits per heavy atom. The van der Waals surface area contributed by atoms with Crippen LogP contribution in [0, 0.1) is 5.92 Å². The molecule has 3 nitrogen and oxygen atoms in total. The summed E-state index contributed by atoms with van der Waals surface area (Å²) in [5, 5.41) is 0.180. The molecule has 1 aliphatic rings. The van der Waals surface area contributed by atoms with E-state index in [0.717, 1.165) is 4.90 Å². The third-order valence-electron chi connectivity index (χ3n) is 2.28. The Balaban J connectivity index is 2.62. The largest absolute Gasteiger partial charge is 0.444 e. The molecule has 0 bridgehead atoms. The predicted molar refractivity (Wildman–Crippen MR) is 60.0 cm³/mol. The number of amides is 1. The van der Waals surface area contributed by atoms with Crippen LogP contribution in [0.25, 0.3) is 0 Å². The highest BCUT2D eigenvalue weighted by molar-refractivity contribution is 9.09. The second-order valence-electron chi connectivity index (χ2n) is 4.97. The van der Waals surface area contributed by atoms with Crippen molar-refractivity contribution in [1.29, 1.82) is 0 Å². The van der Waals surface area contributed by atoms with Gasteiger partial charge in [-0.15, -0.1) is 0 Å². The number of likely N-dealkylation sites (tertiary alicyclic amines) is 1. The Morgan fingerprint density at radius 1 is 1.56 bits per heavy atom. The van der Waals surface area contributed by atoms with Crippen molar-refractivity contribution in [2.24, 2.45) is 5.92 Å². The molecule has 0 saturated carbocycles. The fraction of sp³-hybridized carbons (Fsp3) is 0.900. The molecule has 1 amide bonds. The van der Waals surface area contributed by atoms with Gasteiger partial charge in [-0.05, 0) is 20.8 Å². The van der Waals surface area contributed by atoms with Crippen LogP contribution in [0.3, 0.4) is 0 Å². The van der Waals surface area contributed by atoms with Crippen LogP contribution in [0.4, 0.5) is 13.6 Å². The van der Waals surface area contributed by atoms with Crippen molar-refractivity contribution in [3.63, 3.8) is 0 Å². The van der Waals surface area contributed by atoms with Gasteiger partial charge in [0.05, 0.1) is 12.5 Å². The Kier molecular flexibility index (Phi) is 3.82. The van der Waals surface area contributed by atoms with Crippen LogP contribution in [0.15, 0.2) is 0 Å². The van der Waals surface area contributed by atoms with Gasteiger partial charge in [-0.1, -0.05) is 15.9 Å². The molecule has 1 aliphatic heterocycles. The summed E-state index contributed by atoms with van der Waals surface area (Å²) >= 11 is 3.03. The van der Waals surface area contributed by atoms with Gasteiger partial charge in [-0.2, -0.15) is 0 Å². The number of halogens is 3. The molecule has 0 aliphatic carbocycles. The number of alkyl halides is 3. The highest BCUT2D eigenvalue weighted by Gasteiger charge is 2.49. The fourth-order valence-corrected chi connectivity index (χ4v) is 2.15. The van der Waals surface area contributed by atoms with E-state index in [4.69, 9.17) is 4.74 Å². The van der Waals surface area contributed by atoms with Crippen molar-refractivity contribution in [3.8, 4) is 0 Å². The first-order valence-corrected chi connectivity index (χ1v) is 6.19. The van der Waals surface area contributed by atoms with Gasteiger partial charge < -0.3 is 9.64 Å². The second-order valence-corrected chi connectivity index (χ2v) is 5.62. The number of carbonyl (C=O) groups excluding carboxylic acids is 1. The molecular weight excluding hydrogens is 284 g/mol. The van der Waals surface area contributed by atoms with Gasteiger partial charge in [-0.3, -0.25) is 0 Å². The molecule has 0 aromatic heterocycles. The average molecular weight is 300 g/mol. The lowest BCUT2D eigenvalue weighted by Gasteiger charge is -2.24. The molecule has 0 N–H and O–H groups in total. The van der Waals surface area contributed by atoms with Crippen LogP contribution in [0.2, 0.25) is 0 Å². The number of nitrogens with zero attached hydrogens (tertiary/aromatic N) is 1. The first-order chi connectivity index (χ1) is 7.15. The third kappa shape index (κ3) is 3.30. The van der Waals surface area contributed by atoms with E-state index in [1.807, 2.05) is 0 Å². The summed E-state index contributed by atoms with van der Waals surface area (Å²) in [5.41, 5.74) is -0.654. The summed E-state index contributed by atoms with van der Waals surface area (Å²) in [7, 11) is 0. The highest BCUT2D eigenvalue weighted by Crippen LogP contribution is 2.34. The molecule has 16 heavy (non-hydrogen) atoms. The third-order valence-corrected chi connectivity index (χ3v) is 3.06. The van der Waals surface area contributed by atoms with Crippen LogP contribution in [-0.4, -0.2) is 40.9 Å². The molecule has 1 fully saturated rings. The Morgan fingerprint density at radius 2 is 2.12 bits per heavy atom. The minimum Gasteiger partial charge on any atom is -0.444 e. The monoisotopic (exact) mass is 299 g/mol. The molecule has 1 rings (SSSR count). The maximum Gasteiger partial charge on any atom is 0.410 e. The molecule has 0 aromatic carbocycles. The van der Waals surface area contributed by atoms with E-state index in [2.05, 4.69) is 15.9 Å². The van der Waals surface area contributed by atoms with Gasteiger partial charge in [0.15, 0.2) is 0 Å². The zero-order chi connectivity index (χ0) is 12.6. The highest BCUT2D eigenvalue weighted by atomic mass is 79.9. The molecule has 1 unspecified atom stereocenters. The average Bonchev–Trinajstić information content (AvgIpc) is 2.37. The smallest absolute Gasteiger partial charge is 0.410 e. The lowest BCUT2D eigenvalue weighted by atomic mass is 10.1. The van der Waals surface area contributed by atoms with Crippen molar-refractivity contribution >= 4 is 22.0 Å². The topological polar surface area (TPSA) is 29.5 Å². The van der Waals surface area contributed by atoms with Gasteiger partial charge in [-0.25, -0.2) is 13.6 Å². The Labute approximate surface area is 102 Å². The first kappa shape index (κ1) is 13.7. The van der Waals surface area contributed by atoms with Crippen LogP contribution >= 0.6 is 15.9 Å². The second kappa shape index (κ2) is 4.47. The minimum atomic E-state index is -2.83. The molecule has 0 spiro atoms. The number of carbonyl (C=O) groups is 1. The zero-order valence-corrected chi connectivity index (χ0v) is 11.2. The standard InChI is InChI=1S/C10H16BrF2NO2/c1-9(2,3)16-8(15)14-5-7(4-11)10(12,13)6-14/h7H,4-6H2,1-3H3. The maximum absolute atomic E-state index is 13.4. The van der Waals surface area contributed by atoms with Crippen molar-refractivity contribution < 1.29 is 18.3 Å². The quantitative estimate of drug-likeness (QED) is 0.697. The van der Waals surface area contributed by atoms with Gasteiger partial charge in [0.2, 0.25) is 0 Å². The van der Waals surface area contributed by atoms with Crippen LogP contribution in [0.1, 0.15) is 20.8 Å². The molecular formula is C10H16BrF2NO2. The van der Waals surface area contributed by atoms with Crippen molar-refractivity contribution in [3.05, 3.63) is 0 Å². The Bertz CT molecular complexity index is 278. The molecule has 1 atom stereocenters.